The van der Waals surface area contributed by atoms with Crippen molar-refractivity contribution in [3.05, 3.63) is 0 Å². The van der Waals surface area contributed by atoms with Crippen LogP contribution in [-0.4, -0.2) is 77.1 Å². The van der Waals surface area contributed by atoms with E-state index in [1.165, 1.54) is 32.4 Å². The van der Waals surface area contributed by atoms with E-state index in [0.29, 0.717) is 19.3 Å². The summed E-state index contributed by atoms with van der Waals surface area (Å²) in [5, 5.41) is 6.77. The molecule has 0 amide bonds. The Morgan fingerprint density at radius 2 is 1.82 bits per heavy atom. The molecule has 0 radical (unpaired) electrons. The molecule has 0 aromatic heterocycles. The first-order valence-electron chi connectivity index (χ1n) is 9.02. The molecule has 1 atom stereocenters. The third-order valence-corrected chi connectivity index (χ3v) is 4.53. The van der Waals surface area contributed by atoms with E-state index in [-0.39, 0.29) is 2.85 Å². The lowest BCUT2D eigenvalue weighted by atomic mass is 10.1. The van der Waals surface area contributed by atoms with Crippen LogP contribution in [0.3, 0.4) is 0 Å². The van der Waals surface area contributed by atoms with Gasteiger partial charge in [-0.3, -0.25) is 0 Å². The molecule has 5 heteroatoms. The number of rotatable bonds is 13. The number of nitrogens with zero attached hydrogens (tertiary/aromatic N) is 1. The van der Waals surface area contributed by atoms with Gasteiger partial charge in [0.05, 0.1) is 26.4 Å². The fourth-order valence-electron chi connectivity index (χ4n) is 2.60. The fourth-order valence-corrected chi connectivity index (χ4v) is 2.60. The van der Waals surface area contributed by atoms with Crippen molar-refractivity contribution in [2.24, 2.45) is 5.92 Å². The number of nitrogens with one attached hydrogen (secondary N) is 2. The quantitative estimate of drug-likeness (QED) is 0.507. The molecule has 22 heavy (non-hydrogen) atoms. The highest BCUT2D eigenvalue weighted by atomic mass is 16.5. The molecule has 0 bridgehead atoms. The molecule has 0 aromatic rings. The Kier molecular flexibility index (Phi) is 12.0. The molecule has 136 valence electrons. The summed E-state index contributed by atoms with van der Waals surface area (Å²) in [4.78, 5) is 2.49. The molecule has 0 spiro atoms. The minimum atomic E-state index is 0. The second kappa shape index (κ2) is 13.3. The Morgan fingerprint density at radius 3 is 2.45 bits per heavy atom. The zero-order valence-electron chi connectivity index (χ0n) is 14.9. The SMILES string of the molecule is CCC(C)CNCCOCCOCCN1CCC(NC)CC1.[HH].[HH]. The van der Waals surface area contributed by atoms with E-state index in [0.717, 1.165) is 38.8 Å². The van der Waals surface area contributed by atoms with Gasteiger partial charge >= 0.3 is 0 Å². The Morgan fingerprint density at radius 1 is 1.14 bits per heavy atom. The summed E-state index contributed by atoms with van der Waals surface area (Å²) < 4.78 is 11.2. The van der Waals surface area contributed by atoms with Crippen LogP contribution < -0.4 is 10.6 Å². The van der Waals surface area contributed by atoms with E-state index in [1.807, 2.05) is 0 Å². The molecule has 1 aliphatic heterocycles. The van der Waals surface area contributed by atoms with Crippen LogP contribution in [0, 0.1) is 5.92 Å². The Hall–Kier alpha value is -0.200. The third-order valence-electron chi connectivity index (χ3n) is 4.53. The normalized spacial score (nSPS) is 18.7. The van der Waals surface area contributed by atoms with Gasteiger partial charge in [-0.1, -0.05) is 20.3 Å². The van der Waals surface area contributed by atoms with E-state index in [2.05, 4.69) is 36.4 Å². The highest BCUT2D eigenvalue weighted by molar-refractivity contribution is 4.75. The van der Waals surface area contributed by atoms with Gasteiger partial charge in [-0.15, -0.1) is 0 Å². The molecule has 1 rings (SSSR count). The van der Waals surface area contributed by atoms with Gasteiger partial charge in [0.1, 0.15) is 0 Å². The Labute approximate surface area is 140 Å². The maximum absolute atomic E-state index is 5.65. The lowest BCUT2D eigenvalue weighted by molar-refractivity contribution is 0.0364. The number of hydrogen-bond acceptors (Lipinski definition) is 5. The van der Waals surface area contributed by atoms with Crippen LogP contribution in [0.25, 0.3) is 0 Å². The molecule has 5 nitrogen and oxygen atoms in total. The summed E-state index contributed by atoms with van der Waals surface area (Å²) in [5.41, 5.74) is 0. The zero-order chi connectivity index (χ0) is 16.0. The summed E-state index contributed by atoms with van der Waals surface area (Å²) >= 11 is 0. The summed E-state index contributed by atoms with van der Waals surface area (Å²) in [6.45, 7) is 12.9. The van der Waals surface area contributed by atoms with Gasteiger partial charge in [-0.05, 0) is 45.4 Å². The summed E-state index contributed by atoms with van der Waals surface area (Å²) in [5.74, 6) is 0.751. The number of hydrogen-bond donors (Lipinski definition) is 2. The number of piperidine rings is 1. The predicted octanol–water partition coefficient (Wildman–Crippen LogP) is 1.83. The molecule has 1 unspecified atom stereocenters. The predicted molar refractivity (Wildman–Crippen MR) is 96.7 cm³/mol. The number of ether oxygens (including phenoxy) is 2. The van der Waals surface area contributed by atoms with Gasteiger partial charge in [0.15, 0.2) is 0 Å². The van der Waals surface area contributed by atoms with Crippen LogP contribution in [0.2, 0.25) is 0 Å². The smallest absolute Gasteiger partial charge is 0.0701 e. The summed E-state index contributed by atoms with van der Waals surface area (Å²) in [7, 11) is 2.06. The van der Waals surface area contributed by atoms with Gasteiger partial charge in [-0.2, -0.15) is 0 Å². The maximum Gasteiger partial charge on any atom is 0.0701 e. The van der Waals surface area contributed by atoms with Crippen LogP contribution in [-0.2, 0) is 9.47 Å². The first kappa shape index (κ1) is 19.8. The minimum absolute atomic E-state index is 0. The molecular formula is C17H41N3O2. The molecule has 0 aliphatic carbocycles. The van der Waals surface area contributed by atoms with E-state index in [4.69, 9.17) is 9.47 Å². The topological polar surface area (TPSA) is 45.8 Å². The standard InChI is InChI=1S/C17H37N3O2.2H2/c1-4-16(2)15-19-7-11-21-13-14-22-12-10-20-8-5-17(18-3)6-9-20;;/h16-19H,4-15H2,1-3H3;2*1H. The third kappa shape index (κ3) is 9.74. The van der Waals surface area contributed by atoms with Gasteiger partial charge in [0, 0.05) is 22.0 Å². The van der Waals surface area contributed by atoms with Crippen LogP contribution in [0.5, 0.6) is 0 Å². The average Bonchev–Trinajstić information content (AvgIpc) is 2.56. The second-order valence-electron chi connectivity index (χ2n) is 6.35. The van der Waals surface area contributed by atoms with Crippen molar-refractivity contribution in [3.8, 4) is 0 Å². The minimum Gasteiger partial charge on any atom is -0.378 e. The van der Waals surface area contributed by atoms with Crippen LogP contribution in [0.1, 0.15) is 36.0 Å². The van der Waals surface area contributed by atoms with E-state index < -0.39 is 0 Å². The Balaban J connectivity index is 0. The fraction of sp³-hybridized carbons (Fsp3) is 1.00. The van der Waals surface area contributed by atoms with Crippen molar-refractivity contribution in [2.75, 3.05) is 66.2 Å². The van der Waals surface area contributed by atoms with Crippen LogP contribution in [0.4, 0.5) is 0 Å². The highest BCUT2D eigenvalue weighted by Crippen LogP contribution is 2.08. The van der Waals surface area contributed by atoms with Gasteiger partial charge < -0.3 is 25.0 Å². The van der Waals surface area contributed by atoms with Gasteiger partial charge in [0.25, 0.3) is 0 Å². The first-order chi connectivity index (χ1) is 10.8. The van der Waals surface area contributed by atoms with Crippen molar-refractivity contribution < 1.29 is 12.3 Å². The van der Waals surface area contributed by atoms with Crippen molar-refractivity contribution in [1.29, 1.82) is 0 Å². The molecule has 2 N–H and O–H groups in total. The summed E-state index contributed by atoms with van der Waals surface area (Å²) in [6.07, 6.45) is 3.74. The Bertz CT molecular complexity index is 256. The van der Waals surface area contributed by atoms with Crippen LogP contribution >= 0.6 is 0 Å². The van der Waals surface area contributed by atoms with E-state index >= 15 is 0 Å². The first-order valence-corrected chi connectivity index (χ1v) is 9.02. The maximum atomic E-state index is 5.65. The van der Waals surface area contributed by atoms with E-state index in [1.54, 1.807) is 0 Å². The highest BCUT2D eigenvalue weighted by Gasteiger charge is 2.16. The second-order valence-corrected chi connectivity index (χ2v) is 6.35. The molecule has 1 heterocycles. The van der Waals surface area contributed by atoms with Crippen molar-refractivity contribution in [3.63, 3.8) is 0 Å². The average molecular weight is 320 g/mol. The molecule has 1 aliphatic rings. The molecular weight excluding hydrogens is 278 g/mol. The van der Waals surface area contributed by atoms with Crippen molar-refractivity contribution in [2.45, 2.75) is 39.2 Å². The van der Waals surface area contributed by atoms with Crippen LogP contribution in [0.15, 0.2) is 0 Å². The van der Waals surface area contributed by atoms with Crippen molar-refractivity contribution in [1.82, 2.24) is 15.5 Å². The molecule has 1 fully saturated rings. The largest absolute Gasteiger partial charge is 0.378 e. The molecule has 0 aromatic carbocycles. The zero-order valence-corrected chi connectivity index (χ0v) is 14.9. The lowest BCUT2D eigenvalue weighted by Gasteiger charge is -2.31. The van der Waals surface area contributed by atoms with E-state index in [9.17, 15) is 0 Å². The molecule has 0 saturated carbocycles. The number of likely N-dealkylation sites (tertiary alicyclic amines) is 1. The lowest BCUT2D eigenvalue weighted by Crippen LogP contribution is -2.42. The summed E-state index contributed by atoms with van der Waals surface area (Å²) in [6, 6.07) is 0.708. The monoisotopic (exact) mass is 319 g/mol. The molecule has 1 saturated heterocycles. The van der Waals surface area contributed by atoms with Gasteiger partial charge in [-0.25, -0.2) is 0 Å². The van der Waals surface area contributed by atoms with Gasteiger partial charge in [0.2, 0.25) is 0 Å². The van der Waals surface area contributed by atoms with Crippen molar-refractivity contribution >= 4 is 0 Å².